The van der Waals surface area contributed by atoms with Gasteiger partial charge in [-0.3, -0.25) is 19.7 Å². The average Bonchev–Trinajstić information content (AvgIpc) is 2.85. The molecule has 10 heteroatoms. The second-order valence-electron chi connectivity index (χ2n) is 7.55. The Morgan fingerprint density at radius 2 is 1.74 bits per heavy atom. The number of amides is 2. The lowest BCUT2D eigenvalue weighted by Crippen LogP contribution is -2.20. The number of nitrogens with one attached hydrogen (secondary N) is 2. The molecule has 3 aromatic carbocycles. The summed E-state index contributed by atoms with van der Waals surface area (Å²) in [5, 5.41) is 17.4. The fourth-order valence-electron chi connectivity index (χ4n) is 3.01. The fourth-order valence-corrected chi connectivity index (χ4v) is 3.01. The zero-order valence-corrected chi connectivity index (χ0v) is 19.4. The van der Waals surface area contributed by atoms with Crippen LogP contribution in [0, 0.1) is 24.0 Å². The standard InChI is InChI=1S/C25H24N4O6/c1-16-4-8-20(12-17(16)2)27-24(30)15-35-22-11-5-18(13-23(22)34-3)14-26-28-25(31)19-6-9-21(10-7-19)29(32)33/h4-14H,15H2,1-3H3,(H,27,30)(H,28,31). The number of nitro benzene ring substituents is 1. The number of hydrazone groups is 1. The molecule has 10 nitrogen and oxygen atoms in total. The molecule has 0 radical (unpaired) electrons. The number of methoxy groups -OCH3 is 1. The molecule has 3 rings (SSSR count). The van der Waals surface area contributed by atoms with E-state index >= 15 is 0 Å². The third-order valence-corrected chi connectivity index (χ3v) is 5.06. The first-order valence-corrected chi connectivity index (χ1v) is 10.5. The summed E-state index contributed by atoms with van der Waals surface area (Å²) >= 11 is 0. The molecule has 0 aliphatic rings. The lowest BCUT2D eigenvalue weighted by molar-refractivity contribution is -0.384. The number of aryl methyl sites for hydroxylation is 2. The first-order chi connectivity index (χ1) is 16.8. The van der Waals surface area contributed by atoms with Crippen molar-refractivity contribution in [1.82, 2.24) is 5.43 Å². The van der Waals surface area contributed by atoms with Gasteiger partial charge in [0.1, 0.15) is 0 Å². The minimum Gasteiger partial charge on any atom is -0.493 e. The number of anilines is 1. The average molecular weight is 476 g/mol. The highest BCUT2D eigenvalue weighted by Gasteiger charge is 2.10. The van der Waals surface area contributed by atoms with E-state index in [2.05, 4.69) is 15.8 Å². The van der Waals surface area contributed by atoms with Crippen LogP contribution in [-0.2, 0) is 4.79 Å². The molecule has 0 aromatic heterocycles. The maximum absolute atomic E-state index is 12.3. The van der Waals surface area contributed by atoms with Crippen LogP contribution in [0.4, 0.5) is 11.4 Å². The smallest absolute Gasteiger partial charge is 0.271 e. The number of nitro groups is 1. The molecule has 2 amide bonds. The highest BCUT2D eigenvalue weighted by molar-refractivity contribution is 5.95. The zero-order chi connectivity index (χ0) is 25.4. The van der Waals surface area contributed by atoms with Crippen molar-refractivity contribution in [3.63, 3.8) is 0 Å². The van der Waals surface area contributed by atoms with Crippen LogP contribution in [0.1, 0.15) is 27.0 Å². The second kappa shape index (κ2) is 11.4. The van der Waals surface area contributed by atoms with E-state index < -0.39 is 10.8 Å². The normalized spacial score (nSPS) is 10.6. The van der Waals surface area contributed by atoms with E-state index in [4.69, 9.17) is 9.47 Å². The molecule has 0 unspecified atom stereocenters. The van der Waals surface area contributed by atoms with Crippen LogP contribution >= 0.6 is 0 Å². The molecule has 0 fully saturated rings. The van der Waals surface area contributed by atoms with E-state index in [1.807, 2.05) is 32.0 Å². The Morgan fingerprint density at radius 3 is 2.40 bits per heavy atom. The fraction of sp³-hybridized carbons (Fsp3) is 0.160. The van der Waals surface area contributed by atoms with Gasteiger partial charge in [-0.25, -0.2) is 5.43 Å². The van der Waals surface area contributed by atoms with Crippen LogP contribution < -0.4 is 20.2 Å². The van der Waals surface area contributed by atoms with Gasteiger partial charge in [0.15, 0.2) is 18.1 Å². The van der Waals surface area contributed by atoms with Crippen molar-refractivity contribution in [2.45, 2.75) is 13.8 Å². The molecular formula is C25H24N4O6. The van der Waals surface area contributed by atoms with Crippen LogP contribution in [0.25, 0.3) is 0 Å². The molecule has 0 heterocycles. The van der Waals surface area contributed by atoms with Gasteiger partial charge < -0.3 is 14.8 Å². The van der Waals surface area contributed by atoms with Crippen LogP contribution in [0.5, 0.6) is 11.5 Å². The van der Waals surface area contributed by atoms with Crippen molar-refractivity contribution in [3.05, 3.63) is 93.0 Å². The third kappa shape index (κ3) is 6.87. The lowest BCUT2D eigenvalue weighted by atomic mass is 10.1. The molecule has 3 aromatic rings. The Bertz CT molecular complexity index is 1270. The maximum atomic E-state index is 12.3. The number of nitrogens with zero attached hydrogens (tertiary/aromatic N) is 2. The van der Waals surface area contributed by atoms with Gasteiger partial charge in [0.2, 0.25) is 0 Å². The van der Waals surface area contributed by atoms with Gasteiger partial charge in [0.05, 0.1) is 18.2 Å². The Hall–Kier alpha value is -4.73. The van der Waals surface area contributed by atoms with Gasteiger partial charge in [-0.2, -0.15) is 5.10 Å². The Balaban J connectivity index is 1.56. The van der Waals surface area contributed by atoms with Crippen molar-refractivity contribution in [2.75, 3.05) is 19.0 Å². The molecule has 180 valence electrons. The van der Waals surface area contributed by atoms with Crippen LogP contribution in [0.3, 0.4) is 0 Å². The van der Waals surface area contributed by atoms with Crippen LogP contribution in [0.2, 0.25) is 0 Å². The third-order valence-electron chi connectivity index (χ3n) is 5.06. The van der Waals surface area contributed by atoms with Crippen molar-refractivity contribution >= 4 is 29.4 Å². The molecular weight excluding hydrogens is 452 g/mol. The van der Waals surface area contributed by atoms with E-state index in [0.717, 1.165) is 11.1 Å². The summed E-state index contributed by atoms with van der Waals surface area (Å²) in [6.07, 6.45) is 1.40. The van der Waals surface area contributed by atoms with Gasteiger partial charge in [-0.05, 0) is 73.0 Å². The summed E-state index contributed by atoms with van der Waals surface area (Å²) in [6, 6.07) is 15.8. The van der Waals surface area contributed by atoms with E-state index in [9.17, 15) is 19.7 Å². The number of ether oxygens (including phenoxy) is 2. The number of hydrogen-bond donors (Lipinski definition) is 2. The summed E-state index contributed by atoms with van der Waals surface area (Å²) in [6.45, 7) is 3.76. The molecule has 0 bridgehead atoms. The van der Waals surface area contributed by atoms with Gasteiger partial charge in [0.25, 0.3) is 17.5 Å². The van der Waals surface area contributed by atoms with Gasteiger partial charge in [-0.15, -0.1) is 0 Å². The van der Waals surface area contributed by atoms with E-state index in [1.165, 1.54) is 37.6 Å². The first-order valence-electron chi connectivity index (χ1n) is 10.5. The number of rotatable bonds is 9. The highest BCUT2D eigenvalue weighted by Crippen LogP contribution is 2.27. The summed E-state index contributed by atoms with van der Waals surface area (Å²) in [7, 11) is 1.47. The van der Waals surface area contributed by atoms with Crippen LogP contribution in [-0.4, -0.2) is 36.7 Å². The number of non-ortho nitro benzene ring substituents is 1. The molecule has 35 heavy (non-hydrogen) atoms. The summed E-state index contributed by atoms with van der Waals surface area (Å²) in [5.41, 5.74) is 5.99. The maximum Gasteiger partial charge on any atom is 0.271 e. The highest BCUT2D eigenvalue weighted by atomic mass is 16.6. The van der Waals surface area contributed by atoms with E-state index in [-0.39, 0.29) is 23.8 Å². The largest absolute Gasteiger partial charge is 0.493 e. The van der Waals surface area contributed by atoms with Crippen molar-refractivity contribution < 1.29 is 24.0 Å². The summed E-state index contributed by atoms with van der Waals surface area (Å²) in [4.78, 5) is 34.5. The Kier molecular flexibility index (Phi) is 8.12. The summed E-state index contributed by atoms with van der Waals surface area (Å²) < 4.78 is 10.9. The minimum absolute atomic E-state index is 0.109. The van der Waals surface area contributed by atoms with Crippen LogP contribution in [0.15, 0.2) is 65.8 Å². The molecule has 0 aliphatic heterocycles. The monoisotopic (exact) mass is 476 g/mol. The van der Waals surface area contributed by atoms with Crippen molar-refractivity contribution in [2.24, 2.45) is 5.10 Å². The van der Waals surface area contributed by atoms with Crippen molar-refractivity contribution in [1.29, 1.82) is 0 Å². The Labute approximate surface area is 201 Å². The quantitative estimate of drug-likeness (QED) is 0.273. The first kappa shape index (κ1) is 24.9. The molecule has 0 saturated carbocycles. The molecule has 0 aliphatic carbocycles. The predicted octanol–water partition coefficient (Wildman–Crippen LogP) is 4.00. The molecule has 0 spiro atoms. The molecule has 0 saturated heterocycles. The second-order valence-corrected chi connectivity index (χ2v) is 7.55. The lowest BCUT2D eigenvalue weighted by Gasteiger charge is -2.12. The Morgan fingerprint density at radius 1 is 1.00 bits per heavy atom. The number of carbonyl (C=O) groups is 2. The number of benzene rings is 3. The van der Waals surface area contributed by atoms with Gasteiger partial charge >= 0.3 is 0 Å². The van der Waals surface area contributed by atoms with Gasteiger partial charge in [0, 0.05) is 23.4 Å². The minimum atomic E-state index is -0.544. The molecule has 0 atom stereocenters. The number of carbonyl (C=O) groups excluding carboxylic acids is 2. The number of hydrogen-bond acceptors (Lipinski definition) is 7. The SMILES string of the molecule is COc1cc(C=NNC(=O)c2ccc([N+](=O)[O-])cc2)ccc1OCC(=O)Nc1ccc(C)c(C)c1. The zero-order valence-electron chi connectivity index (χ0n) is 19.4. The predicted molar refractivity (Wildman–Crippen MR) is 131 cm³/mol. The van der Waals surface area contributed by atoms with E-state index in [0.29, 0.717) is 22.7 Å². The summed E-state index contributed by atoms with van der Waals surface area (Å²) in [5.74, 6) is -0.0721. The topological polar surface area (TPSA) is 132 Å². The van der Waals surface area contributed by atoms with Crippen molar-refractivity contribution in [3.8, 4) is 11.5 Å². The van der Waals surface area contributed by atoms with E-state index in [1.54, 1.807) is 18.2 Å². The molecule has 2 N–H and O–H groups in total. The van der Waals surface area contributed by atoms with Gasteiger partial charge in [-0.1, -0.05) is 6.07 Å².